The van der Waals surface area contributed by atoms with Crippen LogP contribution in [0.1, 0.15) is 49.7 Å². The van der Waals surface area contributed by atoms with Gasteiger partial charge in [-0.15, -0.1) is 0 Å². The lowest BCUT2D eigenvalue weighted by Gasteiger charge is -2.51. The number of fused-ring (bicyclic) bond motifs is 5. The number of unbranched alkanes of at least 4 members (excludes halogenated alkanes) is 2. The van der Waals surface area contributed by atoms with Gasteiger partial charge >= 0.3 is 5.97 Å². The molecule has 2 aliphatic carbocycles. The minimum atomic E-state index is -1.55. The molecule has 3 aromatic carbocycles. The van der Waals surface area contributed by atoms with E-state index in [1.165, 1.54) is 24.1 Å². The van der Waals surface area contributed by atoms with E-state index < -0.39 is 52.8 Å². The molecule has 0 unspecified atom stereocenters. The molecule has 14 heteroatoms. The Morgan fingerprint density at radius 3 is 2.48 bits per heavy atom. The highest BCUT2D eigenvalue weighted by Gasteiger charge is 2.70. The van der Waals surface area contributed by atoms with E-state index in [9.17, 15) is 24.3 Å². The fraction of sp³-hybridized carbons (Fsp3) is 0.357. The summed E-state index contributed by atoms with van der Waals surface area (Å²) in [6.07, 6.45) is 5.66. The van der Waals surface area contributed by atoms with Crippen molar-refractivity contribution in [2.24, 2.45) is 29.6 Å². The van der Waals surface area contributed by atoms with Gasteiger partial charge in [0.2, 0.25) is 11.8 Å². The number of hydrogen-bond acceptors (Lipinski definition) is 9. The number of nitrogens with one attached hydrogen (secondary N) is 1. The third-order valence-corrected chi connectivity index (χ3v) is 12.6. The van der Waals surface area contributed by atoms with Gasteiger partial charge in [0, 0.05) is 35.9 Å². The third kappa shape index (κ3) is 6.10. The minimum absolute atomic E-state index is 0.00766. The topological polar surface area (TPSA) is 163 Å². The molecule has 6 atom stereocenters. The van der Waals surface area contributed by atoms with Crippen LogP contribution in [-0.2, 0) is 35.8 Å². The number of carboxylic acids is 1. The minimum Gasteiger partial charge on any atom is -0.508 e. The number of carbonyl (C=O) groups excluding carboxylic acids is 4. The molecule has 3 aliphatic heterocycles. The number of methoxy groups -OCH3 is 1. The normalized spacial score (nSPS) is 26.4. The van der Waals surface area contributed by atoms with Gasteiger partial charge in [-0.25, -0.2) is 0 Å². The van der Waals surface area contributed by atoms with Gasteiger partial charge in [0.25, 0.3) is 11.8 Å². The summed E-state index contributed by atoms with van der Waals surface area (Å²) in [5.41, 5.74) is 4.40. The average Bonchev–Trinajstić information content (AvgIpc) is 3.55. The average molecular weight is 801 g/mol. The molecule has 3 N–H and O–H groups in total. The number of aromatic hydroxyl groups is 1. The number of carbonyl (C=O) groups is 5. The summed E-state index contributed by atoms with van der Waals surface area (Å²) in [5, 5.41) is 21.1. The van der Waals surface area contributed by atoms with Crippen LogP contribution in [-0.4, -0.2) is 63.4 Å². The number of phenolic OH excluding ortho intramolecular Hbond substituents is 1. The zero-order valence-corrected chi connectivity index (χ0v) is 31.9. The summed E-state index contributed by atoms with van der Waals surface area (Å²) in [5.74, 6) is -5.24. The summed E-state index contributed by atoms with van der Waals surface area (Å²) in [4.78, 5) is 71.1. The van der Waals surface area contributed by atoms with Crippen molar-refractivity contribution >= 4 is 58.5 Å². The smallest absolute Gasteiger partial charge is 0.303 e. The number of allylic oxidation sites excluding steroid dienone is 3. The Morgan fingerprint density at radius 1 is 0.964 bits per heavy atom. The molecule has 0 radical (unpaired) electrons. The van der Waals surface area contributed by atoms with Crippen molar-refractivity contribution in [2.45, 2.75) is 50.4 Å². The fourth-order valence-corrected chi connectivity index (χ4v) is 10.1. The number of nitrogens with zero attached hydrogens (tertiary/aromatic N) is 2. The highest BCUT2D eigenvalue weighted by atomic mass is 35.5. The number of hydrazine groups is 1. The van der Waals surface area contributed by atoms with Crippen LogP contribution in [0.4, 0.5) is 5.69 Å². The Bertz CT molecular complexity index is 2220. The van der Waals surface area contributed by atoms with Crippen LogP contribution >= 0.6 is 23.2 Å². The Hall–Kier alpha value is -5.33. The molecule has 0 bridgehead atoms. The first-order valence-corrected chi connectivity index (χ1v) is 19.4. The lowest BCUT2D eigenvalue weighted by Crippen LogP contribution is -2.55. The van der Waals surface area contributed by atoms with Crippen molar-refractivity contribution in [1.29, 1.82) is 0 Å². The molecular weight excluding hydrogens is 761 g/mol. The first-order valence-electron chi connectivity index (χ1n) is 18.6. The summed E-state index contributed by atoms with van der Waals surface area (Å²) in [6, 6.07) is 16.5. The number of imide groups is 2. The molecule has 8 rings (SSSR count). The van der Waals surface area contributed by atoms with Gasteiger partial charge in [0.15, 0.2) is 0 Å². The van der Waals surface area contributed by atoms with Crippen molar-refractivity contribution in [3.05, 3.63) is 105 Å². The van der Waals surface area contributed by atoms with E-state index >= 15 is 4.79 Å². The molecule has 2 saturated heterocycles. The van der Waals surface area contributed by atoms with E-state index in [1.54, 1.807) is 54.8 Å². The van der Waals surface area contributed by atoms with E-state index in [-0.39, 0.29) is 60.5 Å². The number of halogens is 2. The lowest BCUT2D eigenvalue weighted by molar-refractivity contribution is -0.141. The predicted molar refractivity (Wildman–Crippen MR) is 205 cm³/mol. The number of amides is 4. The first-order chi connectivity index (χ1) is 26.9. The molecule has 4 amide bonds. The lowest BCUT2D eigenvalue weighted by atomic mass is 9.48. The fourth-order valence-electron chi connectivity index (χ4n) is 9.67. The molecule has 3 fully saturated rings. The molecule has 3 aromatic rings. The number of ether oxygens (including phenoxy) is 2. The maximum Gasteiger partial charge on any atom is 0.303 e. The number of carboxylic acid groups (broad SMARTS) is 1. The SMILES string of the molecule is COc1ccc([C@@]23C(=O)N(Nc4ccc(Cl)cc4Cl)C(=O)[C@@H]2C[C@@H]2C(=CC[C@@H]4C(=O)N(CCCCCC(=O)O)C(=O)[C@@H]42)[C@@H]3C2=COc3ccc(O)cc3C2)cc1. The van der Waals surface area contributed by atoms with Crippen LogP contribution in [0, 0.1) is 29.6 Å². The number of likely N-dealkylation sites (tertiary alicyclic amines) is 1. The first kappa shape index (κ1) is 37.6. The highest BCUT2D eigenvalue weighted by Crippen LogP contribution is 2.63. The van der Waals surface area contributed by atoms with E-state index in [0.29, 0.717) is 52.5 Å². The number of phenols is 1. The summed E-state index contributed by atoms with van der Waals surface area (Å²) < 4.78 is 11.7. The predicted octanol–water partition coefficient (Wildman–Crippen LogP) is 6.69. The number of aliphatic carboxylic acids is 1. The zero-order valence-electron chi connectivity index (χ0n) is 30.4. The van der Waals surface area contributed by atoms with Crippen LogP contribution < -0.4 is 14.9 Å². The van der Waals surface area contributed by atoms with Gasteiger partial charge in [0.05, 0.1) is 47.3 Å². The molecule has 12 nitrogen and oxygen atoms in total. The van der Waals surface area contributed by atoms with E-state index in [4.69, 9.17) is 37.8 Å². The van der Waals surface area contributed by atoms with Crippen LogP contribution in [0.2, 0.25) is 10.0 Å². The second kappa shape index (κ2) is 14.6. The van der Waals surface area contributed by atoms with Crippen molar-refractivity contribution in [2.75, 3.05) is 19.1 Å². The van der Waals surface area contributed by atoms with Crippen LogP contribution in [0.15, 0.2) is 84.1 Å². The molecule has 56 heavy (non-hydrogen) atoms. The quantitative estimate of drug-likeness (QED) is 0.108. The Morgan fingerprint density at radius 2 is 1.75 bits per heavy atom. The third-order valence-electron chi connectivity index (χ3n) is 12.1. The molecule has 290 valence electrons. The van der Waals surface area contributed by atoms with Crippen LogP contribution in [0.3, 0.4) is 0 Å². The van der Waals surface area contributed by atoms with E-state index in [0.717, 1.165) is 10.6 Å². The Balaban J connectivity index is 1.26. The van der Waals surface area contributed by atoms with Crippen molar-refractivity contribution in [3.63, 3.8) is 0 Å². The van der Waals surface area contributed by atoms with Crippen molar-refractivity contribution in [3.8, 4) is 17.2 Å². The number of benzene rings is 3. The molecule has 5 aliphatic rings. The molecule has 1 saturated carbocycles. The van der Waals surface area contributed by atoms with Gasteiger partial charge in [0.1, 0.15) is 17.2 Å². The number of rotatable bonds is 11. The van der Waals surface area contributed by atoms with Crippen LogP contribution in [0.25, 0.3) is 0 Å². The second-order valence-electron chi connectivity index (χ2n) is 15.0. The monoisotopic (exact) mass is 799 g/mol. The van der Waals surface area contributed by atoms with Gasteiger partial charge in [-0.05, 0) is 91.3 Å². The van der Waals surface area contributed by atoms with Crippen molar-refractivity contribution < 1.29 is 43.7 Å². The number of anilines is 1. The Labute approximate surface area is 332 Å². The molecular formula is C42H39Cl2N3O9. The largest absolute Gasteiger partial charge is 0.508 e. The summed E-state index contributed by atoms with van der Waals surface area (Å²) >= 11 is 12.7. The van der Waals surface area contributed by atoms with Crippen molar-refractivity contribution in [1.82, 2.24) is 9.91 Å². The van der Waals surface area contributed by atoms with E-state index in [2.05, 4.69) is 5.43 Å². The van der Waals surface area contributed by atoms with Gasteiger partial charge < -0.3 is 19.7 Å². The van der Waals surface area contributed by atoms with E-state index in [1.807, 2.05) is 6.08 Å². The molecule has 0 aromatic heterocycles. The van der Waals surface area contributed by atoms with Crippen LogP contribution in [0.5, 0.6) is 17.2 Å². The second-order valence-corrected chi connectivity index (χ2v) is 15.9. The van der Waals surface area contributed by atoms with Gasteiger partial charge in [-0.1, -0.05) is 53.4 Å². The van der Waals surface area contributed by atoms with Gasteiger partial charge in [-0.2, -0.15) is 5.01 Å². The standard InChI is InChI=1S/C42H39Cl2N3O9/c1-55-27-10-6-24(7-11-27)42-31(39(52)47(41(42)54)45-33-14-8-25(43)19-32(33)44)20-30-28(37(42)23-17-22-18-26(48)9-15-34(22)56-21-23)12-13-29-36(30)40(53)46(38(29)51)16-4-2-3-5-35(49)50/h6-12,14-15,18-19,21,29-31,36-37,45,48H,2-5,13,16-17,20H2,1H3,(H,49,50)/t29-,30+,31-,36-,37-,42+/m0/s1. The summed E-state index contributed by atoms with van der Waals surface area (Å²) in [7, 11) is 1.54. The molecule has 3 heterocycles. The Kier molecular flexibility index (Phi) is 9.82. The van der Waals surface area contributed by atoms with Gasteiger partial charge in [-0.3, -0.25) is 34.3 Å². The molecule has 0 spiro atoms. The maximum atomic E-state index is 15.5. The maximum absolute atomic E-state index is 15.5. The summed E-state index contributed by atoms with van der Waals surface area (Å²) in [6.45, 7) is 0.172. The number of hydrogen-bond donors (Lipinski definition) is 3. The highest BCUT2D eigenvalue weighted by molar-refractivity contribution is 6.36. The zero-order chi connectivity index (χ0) is 39.5.